The monoisotopic (exact) mass is 829 g/mol. The van der Waals surface area contributed by atoms with Crippen LogP contribution in [0, 0.1) is 11.8 Å². The summed E-state index contributed by atoms with van der Waals surface area (Å²) in [7, 11) is 3.28. The van der Waals surface area contributed by atoms with E-state index in [4.69, 9.17) is 11.5 Å². The fourth-order valence-electron chi connectivity index (χ4n) is 6.99. The molecule has 1 fully saturated rings. The number of rotatable bonds is 27. The van der Waals surface area contributed by atoms with Gasteiger partial charge in [0.05, 0.1) is 12.6 Å². The van der Waals surface area contributed by atoms with Gasteiger partial charge in [-0.25, -0.2) is 0 Å². The van der Waals surface area contributed by atoms with Crippen LogP contribution >= 0.6 is 0 Å². The number of benzene rings is 1. The van der Waals surface area contributed by atoms with E-state index in [1.165, 1.54) is 11.9 Å². The molecule has 7 amide bonds. The largest absolute Gasteiger partial charge is 0.358 e. The third-order valence-corrected chi connectivity index (χ3v) is 10.7. The van der Waals surface area contributed by atoms with E-state index in [-0.39, 0.29) is 44.2 Å². The second-order valence-electron chi connectivity index (χ2n) is 15.9. The number of carbonyl (C=O) groups is 7. The molecule has 332 valence electrons. The molecule has 59 heavy (non-hydrogen) atoms. The maximum absolute atomic E-state index is 14.4. The minimum absolute atomic E-state index is 0.151. The van der Waals surface area contributed by atoms with Crippen LogP contribution in [0.4, 0.5) is 0 Å². The van der Waals surface area contributed by atoms with Gasteiger partial charge in [0.15, 0.2) is 0 Å². The van der Waals surface area contributed by atoms with E-state index in [0.29, 0.717) is 58.0 Å². The van der Waals surface area contributed by atoms with Crippen molar-refractivity contribution < 1.29 is 33.6 Å². The Morgan fingerprint density at radius 2 is 1.46 bits per heavy atom. The molecule has 1 aliphatic heterocycles. The molecule has 0 radical (unpaired) electrons. The van der Waals surface area contributed by atoms with Gasteiger partial charge in [0.2, 0.25) is 41.4 Å². The zero-order valence-corrected chi connectivity index (χ0v) is 36.1. The van der Waals surface area contributed by atoms with Crippen molar-refractivity contribution in [1.82, 2.24) is 42.1 Å². The minimum atomic E-state index is -1.03. The van der Waals surface area contributed by atoms with Gasteiger partial charge in [-0.05, 0) is 95.3 Å². The van der Waals surface area contributed by atoms with Gasteiger partial charge in [-0.1, -0.05) is 64.4 Å². The molecule has 11 N–H and O–H groups in total. The quantitative estimate of drug-likeness (QED) is 0.0535. The van der Waals surface area contributed by atoms with E-state index < -0.39 is 77.6 Å². The third-order valence-electron chi connectivity index (χ3n) is 10.7. The van der Waals surface area contributed by atoms with Crippen LogP contribution in [-0.2, 0) is 40.0 Å². The van der Waals surface area contributed by atoms with E-state index in [0.717, 1.165) is 12.0 Å². The van der Waals surface area contributed by atoms with Crippen LogP contribution in [0.15, 0.2) is 30.3 Å². The van der Waals surface area contributed by atoms with Gasteiger partial charge in [-0.3, -0.25) is 33.6 Å². The van der Waals surface area contributed by atoms with Crippen LogP contribution in [0.1, 0.15) is 97.5 Å². The molecule has 17 nitrogen and oxygen atoms in total. The fourth-order valence-corrected chi connectivity index (χ4v) is 6.99. The van der Waals surface area contributed by atoms with E-state index in [9.17, 15) is 33.6 Å². The predicted molar refractivity (Wildman–Crippen MR) is 227 cm³/mol. The Labute approximate surface area is 350 Å². The van der Waals surface area contributed by atoms with Crippen molar-refractivity contribution in [2.45, 2.75) is 135 Å². The second kappa shape index (κ2) is 27.2. The molecule has 1 heterocycles. The van der Waals surface area contributed by atoms with Crippen molar-refractivity contribution in [3.05, 3.63) is 35.9 Å². The summed E-state index contributed by atoms with van der Waals surface area (Å²) in [5, 5.41) is 19.5. The summed E-state index contributed by atoms with van der Waals surface area (Å²) in [6.45, 7) is 8.72. The van der Waals surface area contributed by atoms with Crippen molar-refractivity contribution in [1.29, 1.82) is 0 Å². The van der Waals surface area contributed by atoms with Crippen molar-refractivity contribution in [3.63, 3.8) is 0 Å². The highest BCUT2D eigenvalue weighted by atomic mass is 16.2. The summed E-state index contributed by atoms with van der Waals surface area (Å²) < 4.78 is 0. The van der Waals surface area contributed by atoms with E-state index in [1.54, 1.807) is 0 Å². The number of hydrogen-bond acceptors (Lipinski definition) is 10. The number of nitrogens with zero attached hydrogens (tertiary/aromatic N) is 1. The number of carbonyl (C=O) groups excluding carboxylic acids is 7. The molecule has 1 aromatic rings. The van der Waals surface area contributed by atoms with Crippen molar-refractivity contribution in [3.8, 4) is 0 Å². The number of unbranched alkanes of at least 4 members (excludes halogenated alkanes) is 2. The van der Waals surface area contributed by atoms with E-state index in [1.807, 2.05) is 65.1 Å². The number of likely N-dealkylation sites (N-methyl/N-ethyl adjacent to an activating group) is 1. The first kappa shape index (κ1) is 50.5. The van der Waals surface area contributed by atoms with Gasteiger partial charge in [-0.2, -0.15) is 0 Å². The number of likely N-dealkylation sites (tertiary alicyclic amines) is 1. The lowest BCUT2D eigenvalue weighted by molar-refractivity contribution is -0.142. The lowest BCUT2D eigenvalue weighted by Crippen LogP contribution is -2.60. The maximum Gasteiger partial charge on any atom is 0.245 e. The highest BCUT2D eigenvalue weighted by molar-refractivity contribution is 5.97. The molecule has 0 spiro atoms. The Hall–Kier alpha value is -4.61. The first-order chi connectivity index (χ1) is 28.2. The molecular weight excluding hydrogens is 757 g/mol. The molecular formula is C42H72N10O7. The van der Waals surface area contributed by atoms with Crippen molar-refractivity contribution in [2.75, 3.05) is 40.3 Å². The van der Waals surface area contributed by atoms with Gasteiger partial charge in [0.1, 0.15) is 30.2 Å². The Bertz CT molecular complexity index is 1500. The van der Waals surface area contributed by atoms with Crippen LogP contribution < -0.4 is 48.7 Å². The zero-order chi connectivity index (χ0) is 43.9. The molecule has 0 aromatic heterocycles. The standard InChI is InChI=1S/C42H72N10O7/c1-7-28(4)36(51-37(54)30(44)24-27(2)3)41(58)48-31(18-12-14-22-45-5)39(56)49-32(19-11-13-21-43)42(59)52-23-15-20-34(52)40(57)50-33(25-29-16-9-8-10-17-29)38(55)47-26-35(53)46-6/h8-10,16-17,27-28,30-34,36,45H,7,11-15,18-26,43-44H2,1-6H3,(H,46,53)(H,47,55)(H,48,58)(H,49,56)(H,50,57)(H,51,54). The number of nitrogens with two attached hydrogens (primary N) is 2. The maximum atomic E-state index is 14.4. The van der Waals surface area contributed by atoms with Crippen molar-refractivity contribution in [2.24, 2.45) is 23.3 Å². The average molecular weight is 829 g/mol. The highest BCUT2D eigenvalue weighted by Crippen LogP contribution is 2.21. The lowest BCUT2D eigenvalue weighted by atomic mass is 9.96. The van der Waals surface area contributed by atoms with Gasteiger partial charge in [0.25, 0.3) is 0 Å². The lowest BCUT2D eigenvalue weighted by Gasteiger charge is -2.31. The van der Waals surface area contributed by atoms with E-state index in [2.05, 4.69) is 37.2 Å². The molecule has 17 heteroatoms. The Kier molecular flexibility index (Phi) is 23.3. The highest BCUT2D eigenvalue weighted by Gasteiger charge is 2.40. The number of amides is 7. The second-order valence-corrected chi connectivity index (χ2v) is 15.9. The molecule has 7 unspecified atom stereocenters. The minimum Gasteiger partial charge on any atom is -0.358 e. The van der Waals surface area contributed by atoms with Crippen LogP contribution in [0.25, 0.3) is 0 Å². The van der Waals surface area contributed by atoms with Gasteiger partial charge < -0.3 is 53.6 Å². The first-order valence-electron chi connectivity index (χ1n) is 21.3. The molecule has 0 saturated carbocycles. The number of hydrogen-bond donors (Lipinski definition) is 9. The summed E-state index contributed by atoms with van der Waals surface area (Å²) >= 11 is 0. The Balaban J connectivity index is 2.34. The number of nitrogens with one attached hydrogen (secondary N) is 7. The zero-order valence-electron chi connectivity index (χ0n) is 36.1. The summed E-state index contributed by atoms with van der Waals surface area (Å²) in [5.41, 5.74) is 12.7. The third kappa shape index (κ3) is 17.6. The first-order valence-corrected chi connectivity index (χ1v) is 21.3. The van der Waals surface area contributed by atoms with Crippen LogP contribution in [0.2, 0.25) is 0 Å². The molecule has 1 saturated heterocycles. The molecule has 0 bridgehead atoms. The summed E-state index contributed by atoms with van der Waals surface area (Å²) in [6, 6.07) is 3.37. The molecule has 7 atom stereocenters. The van der Waals surface area contributed by atoms with Gasteiger partial charge in [-0.15, -0.1) is 0 Å². The molecule has 1 aromatic carbocycles. The average Bonchev–Trinajstić information content (AvgIpc) is 3.72. The van der Waals surface area contributed by atoms with Gasteiger partial charge >= 0.3 is 0 Å². The summed E-state index contributed by atoms with van der Waals surface area (Å²) in [5.74, 6) is -3.56. The fraction of sp³-hybridized carbons (Fsp3) is 0.690. The Morgan fingerprint density at radius 3 is 2.08 bits per heavy atom. The Morgan fingerprint density at radius 1 is 0.797 bits per heavy atom. The van der Waals surface area contributed by atoms with Gasteiger partial charge in [0, 0.05) is 20.0 Å². The summed E-state index contributed by atoms with van der Waals surface area (Å²) in [4.78, 5) is 96.0. The SMILES string of the molecule is CCC(C)C(NC(=O)C(N)CC(C)C)C(=O)NC(CCCCNC)C(=O)NC(CCCCN)C(=O)N1CCCC1C(=O)NC(Cc1ccccc1)C(=O)NCC(=O)NC. The normalized spacial score (nSPS) is 16.8. The van der Waals surface area contributed by atoms with Crippen LogP contribution in [0.3, 0.4) is 0 Å². The topological polar surface area (TPSA) is 259 Å². The van der Waals surface area contributed by atoms with Crippen LogP contribution in [0.5, 0.6) is 0 Å². The van der Waals surface area contributed by atoms with Crippen molar-refractivity contribution >= 4 is 41.4 Å². The summed E-state index contributed by atoms with van der Waals surface area (Å²) in [6.07, 6.45) is 4.96. The predicted octanol–water partition coefficient (Wildman–Crippen LogP) is -0.0403. The molecule has 1 aliphatic rings. The smallest absolute Gasteiger partial charge is 0.245 e. The van der Waals surface area contributed by atoms with Crippen LogP contribution in [-0.4, -0.2) is 123 Å². The van der Waals surface area contributed by atoms with E-state index >= 15 is 0 Å². The molecule has 0 aliphatic carbocycles. The molecule has 2 rings (SSSR count).